The maximum Gasteiger partial charge on any atom is 0.190 e. The Hall–Kier alpha value is -2.01. The van der Waals surface area contributed by atoms with Gasteiger partial charge in [0, 0.05) is 51.6 Å². The molecule has 0 aromatic heterocycles. The quantitative estimate of drug-likeness (QED) is 0.373. The van der Waals surface area contributed by atoms with Gasteiger partial charge < -0.3 is 19.1 Å². The standard InChI is InChI=1S/C19H29NO4/c1-14(2)16(13-20(3)4)19(21)15-8-9-17(23-6)18(12-15)24-11-7-10-22-5/h8-9,12-14H,7,10-11H2,1-6H3. The first-order chi connectivity index (χ1) is 11.4. The van der Waals surface area contributed by atoms with E-state index in [1.807, 2.05) is 39.0 Å². The van der Waals surface area contributed by atoms with Crippen molar-refractivity contribution in [2.45, 2.75) is 20.3 Å². The van der Waals surface area contributed by atoms with Gasteiger partial charge in [0.05, 0.1) is 13.7 Å². The molecule has 0 spiro atoms. The number of ether oxygens (including phenoxy) is 3. The van der Waals surface area contributed by atoms with E-state index in [1.54, 1.807) is 32.4 Å². The Morgan fingerprint density at radius 3 is 2.42 bits per heavy atom. The number of ketones is 1. The fourth-order valence-corrected chi connectivity index (χ4v) is 2.23. The van der Waals surface area contributed by atoms with Gasteiger partial charge in [0.1, 0.15) is 0 Å². The summed E-state index contributed by atoms with van der Waals surface area (Å²) in [6.07, 6.45) is 2.64. The number of hydrogen-bond donors (Lipinski definition) is 0. The first-order valence-corrected chi connectivity index (χ1v) is 8.13. The fraction of sp³-hybridized carbons (Fsp3) is 0.526. The van der Waals surface area contributed by atoms with Crippen LogP contribution >= 0.6 is 0 Å². The van der Waals surface area contributed by atoms with Crippen molar-refractivity contribution in [1.82, 2.24) is 4.90 Å². The van der Waals surface area contributed by atoms with Crippen LogP contribution < -0.4 is 9.47 Å². The molecule has 0 atom stereocenters. The Balaban J connectivity index is 3.04. The zero-order chi connectivity index (χ0) is 18.1. The van der Waals surface area contributed by atoms with E-state index in [1.165, 1.54) is 0 Å². The molecule has 5 heteroatoms. The van der Waals surface area contributed by atoms with Crippen LogP contribution in [-0.2, 0) is 4.74 Å². The highest BCUT2D eigenvalue weighted by Gasteiger charge is 2.18. The van der Waals surface area contributed by atoms with Crippen molar-refractivity contribution in [1.29, 1.82) is 0 Å². The summed E-state index contributed by atoms with van der Waals surface area (Å²) in [5.74, 6) is 1.33. The molecule has 134 valence electrons. The predicted octanol–water partition coefficient (Wildman–Crippen LogP) is 3.39. The van der Waals surface area contributed by atoms with Crippen molar-refractivity contribution in [3.8, 4) is 11.5 Å². The second kappa shape index (κ2) is 9.98. The molecule has 0 aliphatic rings. The molecule has 0 saturated heterocycles. The molecule has 0 saturated carbocycles. The molecule has 1 aromatic rings. The molecule has 0 N–H and O–H groups in total. The Bertz CT molecular complexity index is 564. The maximum atomic E-state index is 12.8. The Kier molecular flexibility index (Phi) is 8.33. The summed E-state index contributed by atoms with van der Waals surface area (Å²) in [7, 11) is 7.07. The fourth-order valence-electron chi connectivity index (χ4n) is 2.23. The van der Waals surface area contributed by atoms with E-state index in [4.69, 9.17) is 14.2 Å². The Morgan fingerprint density at radius 1 is 1.17 bits per heavy atom. The Labute approximate surface area is 145 Å². The van der Waals surface area contributed by atoms with Gasteiger partial charge in [-0.25, -0.2) is 0 Å². The number of rotatable bonds is 10. The third-order valence-electron chi connectivity index (χ3n) is 3.46. The summed E-state index contributed by atoms with van der Waals surface area (Å²) < 4.78 is 16.1. The molecule has 0 amide bonds. The summed E-state index contributed by atoms with van der Waals surface area (Å²) in [5, 5.41) is 0. The van der Waals surface area contributed by atoms with Crippen molar-refractivity contribution in [2.75, 3.05) is 41.5 Å². The van der Waals surface area contributed by atoms with Gasteiger partial charge in [-0.2, -0.15) is 0 Å². The van der Waals surface area contributed by atoms with Gasteiger partial charge in [0.15, 0.2) is 17.3 Å². The number of benzene rings is 1. The van der Waals surface area contributed by atoms with Crippen LogP contribution in [-0.4, -0.2) is 52.2 Å². The molecular formula is C19H29NO4. The van der Waals surface area contributed by atoms with E-state index >= 15 is 0 Å². The van der Waals surface area contributed by atoms with Gasteiger partial charge in [0.25, 0.3) is 0 Å². The zero-order valence-electron chi connectivity index (χ0n) is 15.6. The lowest BCUT2D eigenvalue weighted by molar-refractivity contribution is 0.102. The summed E-state index contributed by atoms with van der Waals surface area (Å²) in [6, 6.07) is 5.29. The van der Waals surface area contributed by atoms with Crippen molar-refractivity contribution in [2.24, 2.45) is 5.92 Å². The molecule has 0 unspecified atom stereocenters. The second-order valence-corrected chi connectivity index (χ2v) is 6.09. The third kappa shape index (κ3) is 5.89. The molecule has 0 heterocycles. The minimum absolute atomic E-state index is 0.00287. The van der Waals surface area contributed by atoms with Crippen LogP contribution in [0.5, 0.6) is 11.5 Å². The predicted molar refractivity (Wildman–Crippen MR) is 95.9 cm³/mol. The lowest BCUT2D eigenvalue weighted by atomic mass is 9.95. The average molecular weight is 335 g/mol. The van der Waals surface area contributed by atoms with Crippen LogP contribution in [0.2, 0.25) is 0 Å². The molecule has 0 aliphatic carbocycles. The van der Waals surface area contributed by atoms with Crippen molar-refractivity contribution in [3.63, 3.8) is 0 Å². The highest BCUT2D eigenvalue weighted by Crippen LogP contribution is 2.30. The van der Waals surface area contributed by atoms with Gasteiger partial charge in [0.2, 0.25) is 0 Å². The van der Waals surface area contributed by atoms with E-state index in [9.17, 15) is 4.79 Å². The van der Waals surface area contributed by atoms with Crippen LogP contribution in [0.4, 0.5) is 0 Å². The molecular weight excluding hydrogens is 306 g/mol. The smallest absolute Gasteiger partial charge is 0.190 e. The van der Waals surface area contributed by atoms with Crippen LogP contribution in [0, 0.1) is 5.92 Å². The first-order valence-electron chi connectivity index (χ1n) is 8.13. The summed E-state index contributed by atoms with van der Waals surface area (Å²) >= 11 is 0. The molecule has 0 radical (unpaired) electrons. The largest absolute Gasteiger partial charge is 0.493 e. The van der Waals surface area contributed by atoms with Gasteiger partial charge >= 0.3 is 0 Å². The molecule has 5 nitrogen and oxygen atoms in total. The first kappa shape index (κ1) is 20.0. The molecule has 24 heavy (non-hydrogen) atoms. The van der Waals surface area contributed by atoms with Gasteiger partial charge in [-0.3, -0.25) is 4.79 Å². The number of Topliss-reactive ketones (excluding diaryl/α,β-unsaturated/α-hetero) is 1. The lowest BCUT2D eigenvalue weighted by Crippen LogP contribution is -2.14. The summed E-state index contributed by atoms with van der Waals surface area (Å²) in [5.41, 5.74) is 1.36. The summed E-state index contributed by atoms with van der Waals surface area (Å²) in [6.45, 7) is 5.16. The van der Waals surface area contributed by atoms with Gasteiger partial charge in [-0.05, 0) is 24.1 Å². The number of allylic oxidation sites excluding steroid dienone is 1. The van der Waals surface area contributed by atoms with Crippen molar-refractivity contribution in [3.05, 3.63) is 35.5 Å². The molecule has 0 bridgehead atoms. The van der Waals surface area contributed by atoms with E-state index in [-0.39, 0.29) is 11.7 Å². The van der Waals surface area contributed by atoms with E-state index < -0.39 is 0 Å². The SMILES string of the molecule is COCCCOc1cc(C(=O)C(=CN(C)C)C(C)C)ccc1OC. The van der Waals surface area contributed by atoms with E-state index in [0.29, 0.717) is 30.3 Å². The maximum absolute atomic E-state index is 12.8. The van der Waals surface area contributed by atoms with Crippen molar-refractivity contribution < 1.29 is 19.0 Å². The lowest BCUT2D eigenvalue weighted by Gasteiger charge is -2.16. The highest BCUT2D eigenvalue weighted by molar-refractivity contribution is 6.09. The normalized spacial score (nSPS) is 11.5. The number of methoxy groups -OCH3 is 2. The van der Waals surface area contributed by atoms with Gasteiger partial charge in [-0.1, -0.05) is 13.8 Å². The Morgan fingerprint density at radius 2 is 1.88 bits per heavy atom. The number of carbonyl (C=O) groups is 1. The van der Waals surface area contributed by atoms with Gasteiger partial charge in [-0.15, -0.1) is 0 Å². The molecule has 0 aliphatic heterocycles. The highest BCUT2D eigenvalue weighted by atomic mass is 16.5. The van der Waals surface area contributed by atoms with Crippen LogP contribution in [0.15, 0.2) is 30.0 Å². The molecule has 1 aromatic carbocycles. The average Bonchev–Trinajstić information content (AvgIpc) is 2.55. The minimum Gasteiger partial charge on any atom is -0.493 e. The number of carbonyl (C=O) groups excluding carboxylic acids is 1. The second-order valence-electron chi connectivity index (χ2n) is 6.09. The van der Waals surface area contributed by atoms with Crippen LogP contribution in [0.25, 0.3) is 0 Å². The van der Waals surface area contributed by atoms with E-state index in [2.05, 4.69) is 0 Å². The monoisotopic (exact) mass is 335 g/mol. The summed E-state index contributed by atoms with van der Waals surface area (Å²) in [4.78, 5) is 14.7. The van der Waals surface area contributed by atoms with Crippen molar-refractivity contribution >= 4 is 5.78 Å². The van der Waals surface area contributed by atoms with E-state index in [0.717, 1.165) is 12.0 Å². The van der Waals surface area contributed by atoms with Crippen LogP contribution in [0.1, 0.15) is 30.6 Å². The molecule has 1 rings (SSSR count). The minimum atomic E-state index is 0.00287. The third-order valence-corrected chi connectivity index (χ3v) is 3.46. The number of nitrogens with zero attached hydrogens (tertiary/aromatic N) is 1. The topological polar surface area (TPSA) is 48.0 Å². The molecule has 0 fully saturated rings. The zero-order valence-corrected chi connectivity index (χ0v) is 15.6. The number of hydrogen-bond acceptors (Lipinski definition) is 5. The van der Waals surface area contributed by atoms with Crippen LogP contribution in [0.3, 0.4) is 0 Å².